The zero-order chi connectivity index (χ0) is 24.4. The quantitative estimate of drug-likeness (QED) is 0.367. The second-order valence-corrected chi connectivity index (χ2v) is 8.38. The van der Waals surface area contributed by atoms with Crippen LogP contribution < -0.4 is 10.1 Å². The first-order valence-corrected chi connectivity index (χ1v) is 11.3. The fourth-order valence-electron chi connectivity index (χ4n) is 3.64. The fraction of sp³-hybridized carbons (Fsp3) is 0.280. The molecule has 3 heterocycles. The zero-order valence-electron chi connectivity index (χ0n) is 18.6. The lowest BCUT2D eigenvalue weighted by molar-refractivity contribution is -0.137. The highest BCUT2D eigenvalue weighted by atomic mass is 19.4. The molecule has 0 unspecified atom stereocenters. The van der Waals surface area contributed by atoms with Crippen molar-refractivity contribution in [3.8, 4) is 28.3 Å². The van der Waals surface area contributed by atoms with E-state index >= 15 is 0 Å². The van der Waals surface area contributed by atoms with Crippen LogP contribution in [-0.2, 0) is 11.0 Å². The lowest BCUT2D eigenvalue weighted by Crippen LogP contribution is -2.26. The molecule has 35 heavy (non-hydrogen) atoms. The summed E-state index contributed by atoms with van der Waals surface area (Å²) in [6.45, 7) is 1.07. The third-order valence-electron chi connectivity index (χ3n) is 5.71. The van der Waals surface area contributed by atoms with E-state index in [0.717, 1.165) is 30.7 Å². The molecule has 1 aromatic carbocycles. The minimum Gasteiger partial charge on any atom is -0.494 e. The molecule has 0 saturated heterocycles. The van der Waals surface area contributed by atoms with Gasteiger partial charge in [-0.25, -0.2) is 9.50 Å². The molecule has 3 aromatic heterocycles. The topological polar surface area (TPSA) is 81.4 Å². The Bertz CT molecular complexity index is 1350. The standard InChI is InChI=1S/C25H22F3N5O2/c26-25(27,28)19-12-18(13-29-14-19)22-15-31-23-9-8-21(32-33(22)23)16-4-6-20(7-5-16)35-11-1-10-30-24(34)17-2-3-17/h4-9,12-15,17H,1-3,10-11H2,(H,30,34). The molecule has 1 saturated carbocycles. The first-order valence-electron chi connectivity index (χ1n) is 11.3. The third kappa shape index (κ3) is 5.26. The average molecular weight is 481 g/mol. The van der Waals surface area contributed by atoms with Gasteiger partial charge in [-0.05, 0) is 61.7 Å². The van der Waals surface area contributed by atoms with Crippen LogP contribution in [-0.4, -0.2) is 38.6 Å². The molecule has 0 spiro atoms. The van der Waals surface area contributed by atoms with Crippen molar-refractivity contribution in [2.24, 2.45) is 5.92 Å². The van der Waals surface area contributed by atoms with Crippen molar-refractivity contribution in [3.05, 3.63) is 66.6 Å². The predicted octanol–water partition coefficient (Wildman–Crippen LogP) is 4.77. The molecule has 1 aliphatic rings. The van der Waals surface area contributed by atoms with Gasteiger partial charge in [-0.3, -0.25) is 9.78 Å². The molecule has 1 aliphatic carbocycles. The van der Waals surface area contributed by atoms with E-state index in [-0.39, 0.29) is 17.4 Å². The Morgan fingerprint density at radius 2 is 1.86 bits per heavy atom. The van der Waals surface area contributed by atoms with Gasteiger partial charge >= 0.3 is 6.18 Å². The number of nitrogens with one attached hydrogen (secondary N) is 1. The number of pyridine rings is 1. The summed E-state index contributed by atoms with van der Waals surface area (Å²) < 4.78 is 46.6. The average Bonchev–Trinajstić information content (AvgIpc) is 3.63. The largest absolute Gasteiger partial charge is 0.494 e. The first-order chi connectivity index (χ1) is 16.9. The number of amides is 1. The van der Waals surface area contributed by atoms with Crippen molar-refractivity contribution in [3.63, 3.8) is 0 Å². The number of benzene rings is 1. The number of halogens is 3. The Labute approximate surface area is 199 Å². The number of hydrogen-bond acceptors (Lipinski definition) is 5. The molecule has 0 bridgehead atoms. The molecule has 0 atom stereocenters. The molecule has 1 N–H and O–H groups in total. The van der Waals surface area contributed by atoms with E-state index in [1.165, 1.54) is 16.9 Å². The van der Waals surface area contributed by atoms with Crippen molar-refractivity contribution in [2.75, 3.05) is 13.2 Å². The van der Waals surface area contributed by atoms with E-state index in [4.69, 9.17) is 4.74 Å². The van der Waals surface area contributed by atoms with Crippen LogP contribution in [0.5, 0.6) is 5.75 Å². The number of nitrogens with zero attached hydrogens (tertiary/aromatic N) is 4. The molecule has 0 aliphatic heterocycles. The molecule has 10 heteroatoms. The summed E-state index contributed by atoms with van der Waals surface area (Å²) >= 11 is 0. The molecule has 7 nitrogen and oxygen atoms in total. The van der Waals surface area contributed by atoms with Gasteiger partial charge in [0.2, 0.25) is 5.91 Å². The smallest absolute Gasteiger partial charge is 0.417 e. The summed E-state index contributed by atoms with van der Waals surface area (Å²) in [5, 5.41) is 7.50. The number of carbonyl (C=O) groups is 1. The van der Waals surface area contributed by atoms with Gasteiger partial charge in [0, 0.05) is 36.0 Å². The van der Waals surface area contributed by atoms with Gasteiger partial charge in [0.05, 0.1) is 29.8 Å². The van der Waals surface area contributed by atoms with Gasteiger partial charge in [0.1, 0.15) is 5.75 Å². The SMILES string of the molecule is O=C(NCCCOc1ccc(-c2ccc3ncc(-c4cncc(C(F)(F)F)c4)n3n2)cc1)C1CC1. The van der Waals surface area contributed by atoms with Crippen LogP contribution in [0.3, 0.4) is 0 Å². The minimum absolute atomic E-state index is 0.129. The van der Waals surface area contributed by atoms with Gasteiger partial charge in [0.25, 0.3) is 0 Å². The molecular formula is C25H22F3N5O2. The number of ether oxygens (including phenoxy) is 1. The van der Waals surface area contributed by atoms with Gasteiger partial charge in [-0.2, -0.15) is 18.3 Å². The van der Waals surface area contributed by atoms with Crippen LogP contribution in [0.4, 0.5) is 13.2 Å². The maximum atomic E-state index is 13.1. The van der Waals surface area contributed by atoms with Crippen LogP contribution in [0.25, 0.3) is 28.2 Å². The van der Waals surface area contributed by atoms with Gasteiger partial charge in [0.15, 0.2) is 5.65 Å². The molecule has 0 radical (unpaired) electrons. The minimum atomic E-state index is -4.49. The summed E-state index contributed by atoms with van der Waals surface area (Å²) in [6, 6.07) is 12.0. The highest BCUT2D eigenvalue weighted by Gasteiger charge is 2.31. The Hall–Kier alpha value is -3.95. The van der Waals surface area contributed by atoms with E-state index in [1.54, 1.807) is 12.1 Å². The fourth-order valence-corrected chi connectivity index (χ4v) is 3.64. The first kappa shape index (κ1) is 22.8. The summed E-state index contributed by atoms with van der Waals surface area (Å²) in [7, 11) is 0. The number of rotatable bonds is 8. The maximum Gasteiger partial charge on any atom is 0.417 e. The van der Waals surface area contributed by atoms with Crippen LogP contribution in [0.15, 0.2) is 61.1 Å². The lowest BCUT2D eigenvalue weighted by atomic mass is 10.1. The predicted molar refractivity (Wildman–Crippen MR) is 123 cm³/mol. The molecule has 180 valence electrons. The maximum absolute atomic E-state index is 13.1. The summed E-state index contributed by atoms with van der Waals surface area (Å²) in [5.74, 6) is 1.03. The van der Waals surface area contributed by atoms with Crippen molar-refractivity contribution < 1.29 is 22.7 Å². The van der Waals surface area contributed by atoms with E-state index < -0.39 is 11.7 Å². The molecule has 1 amide bonds. The van der Waals surface area contributed by atoms with Gasteiger partial charge < -0.3 is 10.1 Å². The van der Waals surface area contributed by atoms with E-state index in [1.807, 2.05) is 24.3 Å². The van der Waals surface area contributed by atoms with E-state index in [9.17, 15) is 18.0 Å². The summed E-state index contributed by atoms with van der Waals surface area (Å²) in [6.07, 6.45) is 1.83. The van der Waals surface area contributed by atoms with Gasteiger partial charge in [-0.15, -0.1) is 0 Å². The van der Waals surface area contributed by atoms with Crippen molar-refractivity contribution in [1.82, 2.24) is 24.9 Å². The van der Waals surface area contributed by atoms with E-state index in [2.05, 4.69) is 20.4 Å². The summed E-state index contributed by atoms with van der Waals surface area (Å²) in [4.78, 5) is 19.6. The number of imidazole rings is 1. The number of hydrogen-bond donors (Lipinski definition) is 1. The monoisotopic (exact) mass is 481 g/mol. The number of fused-ring (bicyclic) bond motifs is 1. The Kier molecular flexibility index (Phi) is 6.10. The van der Waals surface area contributed by atoms with Crippen LogP contribution in [0.1, 0.15) is 24.8 Å². The van der Waals surface area contributed by atoms with Crippen molar-refractivity contribution in [2.45, 2.75) is 25.4 Å². The molecular weight excluding hydrogens is 459 g/mol. The lowest BCUT2D eigenvalue weighted by Gasteiger charge is -2.09. The number of alkyl halides is 3. The normalized spacial score (nSPS) is 13.7. The summed E-state index contributed by atoms with van der Waals surface area (Å²) in [5.41, 5.74) is 1.81. The van der Waals surface area contributed by atoms with Crippen LogP contribution in [0, 0.1) is 5.92 Å². The molecule has 5 rings (SSSR count). The Balaban J connectivity index is 1.27. The highest BCUT2D eigenvalue weighted by molar-refractivity contribution is 5.80. The second-order valence-electron chi connectivity index (χ2n) is 8.38. The third-order valence-corrected chi connectivity index (χ3v) is 5.71. The van der Waals surface area contributed by atoms with Crippen molar-refractivity contribution >= 4 is 11.6 Å². The van der Waals surface area contributed by atoms with Gasteiger partial charge in [-0.1, -0.05) is 0 Å². The molecule has 4 aromatic rings. The highest BCUT2D eigenvalue weighted by Crippen LogP contribution is 2.32. The number of carbonyl (C=O) groups excluding carboxylic acids is 1. The van der Waals surface area contributed by atoms with Crippen LogP contribution in [0.2, 0.25) is 0 Å². The second kappa shape index (κ2) is 9.36. The van der Waals surface area contributed by atoms with E-state index in [0.29, 0.717) is 42.4 Å². The van der Waals surface area contributed by atoms with Crippen molar-refractivity contribution in [1.29, 1.82) is 0 Å². The molecule has 1 fully saturated rings. The Morgan fingerprint density at radius 1 is 1.06 bits per heavy atom. The number of aromatic nitrogens is 4. The zero-order valence-corrected chi connectivity index (χ0v) is 18.6. The Morgan fingerprint density at radius 3 is 2.60 bits per heavy atom. The van der Waals surface area contributed by atoms with Crippen LogP contribution >= 0.6 is 0 Å².